The Morgan fingerprint density at radius 1 is 1.35 bits per heavy atom. The summed E-state index contributed by atoms with van der Waals surface area (Å²) in [6.45, 7) is 1.58. The number of rotatable bonds is 4. The van der Waals surface area contributed by atoms with Crippen LogP contribution in [-0.4, -0.2) is 25.2 Å². The van der Waals surface area contributed by atoms with Gasteiger partial charge in [-0.15, -0.1) is 0 Å². The van der Waals surface area contributed by atoms with Crippen LogP contribution in [0.1, 0.15) is 5.56 Å². The molecule has 0 aliphatic heterocycles. The summed E-state index contributed by atoms with van der Waals surface area (Å²) >= 11 is 0. The second-order valence-corrected chi connectivity index (χ2v) is 3.07. The molecule has 1 rings (SSSR count). The molecule has 0 atom stereocenters. The van der Waals surface area contributed by atoms with E-state index >= 15 is 0 Å². The highest BCUT2D eigenvalue weighted by atomic mass is 16.6. The smallest absolute Gasteiger partial charge is 0.313 e. The Morgan fingerprint density at radius 2 is 1.94 bits per heavy atom. The van der Waals surface area contributed by atoms with E-state index in [4.69, 9.17) is 9.47 Å². The molecule has 0 bridgehead atoms. The van der Waals surface area contributed by atoms with Crippen molar-refractivity contribution in [3.8, 4) is 11.5 Å². The molecule has 7 heteroatoms. The van der Waals surface area contributed by atoms with Crippen molar-refractivity contribution in [2.24, 2.45) is 4.99 Å². The number of aliphatic imine (C=N–C) groups is 1. The van der Waals surface area contributed by atoms with E-state index in [2.05, 4.69) is 4.99 Å². The summed E-state index contributed by atoms with van der Waals surface area (Å²) < 4.78 is 9.98. The first-order chi connectivity index (χ1) is 8.06. The lowest BCUT2D eigenvalue weighted by Crippen LogP contribution is -1.98. The molecule has 0 spiro atoms. The molecule has 0 saturated heterocycles. The molecular weight excluding hydrogens is 228 g/mol. The minimum Gasteiger partial charge on any atom is -0.494 e. The molecule has 0 radical (unpaired) electrons. The standard InChI is InChI=1S/C10H10N2O5/c1-6-9(16-2)7(11-5-13)4-8(12(14)15)10(6)17-3/h4H,1-3H3. The first-order valence-corrected chi connectivity index (χ1v) is 4.54. The average Bonchev–Trinajstić information content (AvgIpc) is 2.29. The molecule has 0 saturated carbocycles. The van der Waals surface area contributed by atoms with E-state index < -0.39 is 4.92 Å². The van der Waals surface area contributed by atoms with Crippen LogP contribution in [-0.2, 0) is 4.79 Å². The van der Waals surface area contributed by atoms with Crippen molar-refractivity contribution in [1.29, 1.82) is 0 Å². The van der Waals surface area contributed by atoms with E-state index in [0.29, 0.717) is 5.56 Å². The maximum absolute atomic E-state index is 10.8. The SMILES string of the molecule is COc1c(N=C=O)cc([N+](=O)[O-])c(OC)c1C. The Balaban J connectivity index is 3.65. The predicted octanol–water partition coefficient (Wildman–Crippen LogP) is 1.89. The maximum atomic E-state index is 10.8. The largest absolute Gasteiger partial charge is 0.494 e. The summed E-state index contributed by atoms with van der Waals surface area (Å²) in [6, 6.07) is 1.11. The van der Waals surface area contributed by atoms with Crippen LogP contribution in [0.4, 0.5) is 11.4 Å². The van der Waals surface area contributed by atoms with Crippen molar-refractivity contribution in [2.75, 3.05) is 14.2 Å². The summed E-state index contributed by atoms with van der Waals surface area (Å²) in [5.41, 5.74) is 0.172. The Kier molecular flexibility index (Phi) is 3.79. The highest BCUT2D eigenvalue weighted by Gasteiger charge is 2.23. The second kappa shape index (κ2) is 5.09. The van der Waals surface area contributed by atoms with Crippen molar-refractivity contribution in [1.82, 2.24) is 0 Å². The highest BCUT2D eigenvalue weighted by molar-refractivity contribution is 5.71. The van der Waals surface area contributed by atoms with Gasteiger partial charge in [0.05, 0.1) is 25.2 Å². The van der Waals surface area contributed by atoms with Crippen molar-refractivity contribution < 1.29 is 19.2 Å². The van der Waals surface area contributed by atoms with Gasteiger partial charge in [0.2, 0.25) is 11.8 Å². The number of isocyanates is 1. The molecule has 0 amide bonds. The van der Waals surface area contributed by atoms with E-state index in [0.717, 1.165) is 6.07 Å². The second-order valence-electron chi connectivity index (χ2n) is 3.07. The summed E-state index contributed by atoms with van der Waals surface area (Å²) in [7, 11) is 2.69. The van der Waals surface area contributed by atoms with E-state index in [9.17, 15) is 14.9 Å². The number of ether oxygens (including phenoxy) is 2. The Hall–Kier alpha value is -2.40. The Labute approximate surface area is 96.8 Å². The minimum atomic E-state index is -0.616. The molecule has 0 aromatic heterocycles. The summed E-state index contributed by atoms with van der Waals surface area (Å²) in [6.07, 6.45) is 1.32. The van der Waals surface area contributed by atoms with Crippen LogP contribution in [0.15, 0.2) is 11.1 Å². The number of nitrogens with zero attached hydrogens (tertiary/aromatic N) is 2. The third-order valence-corrected chi connectivity index (χ3v) is 2.19. The third-order valence-electron chi connectivity index (χ3n) is 2.19. The van der Waals surface area contributed by atoms with Gasteiger partial charge in [-0.25, -0.2) is 4.79 Å². The average molecular weight is 238 g/mol. The van der Waals surface area contributed by atoms with Crippen molar-refractivity contribution in [3.05, 3.63) is 21.7 Å². The molecule has 0 unspecified atom stereocenters. The van der Waals surface area contributed by atoms with E-state index in [1.54, 1.807) is 6.92 Å². The number of hydrogen-bond donors (Lipinski definition) is 0. The number of nitro groups is 1. The van der Waals surface area contributed by atoms with Gasteiger partial charge < -0.3 is 9.47 Å². The quantitative estimate of drug-likeness (QED) is 0.345. The number of benzene rings is 1. The first-order valence-electron chi connectivity index (χ1n) is 4.54. The fourth-order valence-corrected chi connectivity index (χ4v) is 1.53. The van der Waals surface area contributed by atoms with E-state index in [1.807, 2.05) is 0 Å². The predicted molar refractivity (Wildman–Crippen MR) is 58.7 cm³/mol. The summed E-state index contributed by atoms with van der Waals surface area (Å²) in [5.74, 6) is 0.326. The van der Waals surface area contributed by atoms with Gasteiger partial charge in [0.15, 0.2) is 5.75 Å². The lowest BCUT2D eigenvalue weighted by molar-refractivity contribution is -0.385. The van der Waals surface area contributed by atoms with Crippen LogP contribution in [0.25, 0.3) is 0 Å². The molecular formula is C10H10N2O5. The highest BCUT2D eigenvalue weighted by Crippen LogP contribution is 2.43. The zero-order valence-electron chi connectivity index (χ0n) is 9.51. The maximum Gasteiger partial charge on any atom is 0.313 e. The van der Waals surface area contributed by atoms with Gasteiger partial charge >= 0.3 is 5.69 Å². The van der Waals surface area contributed by atoms with E-state index in [-0.39, 0.29) is 22.9 Å². The number of hydrogen-bond acceptors (Lipinski definition) is 6. The normalized spacial score (nSPS) is 9.35. The van der Waals surface area contributed by atoms with E-state index in [1.165, 1.54) is 20.3 Å². The molecule has 90 valence electrons. The molecule has 0 fully saturated rings. The summed E-state index contributed by atoms with van der Waals surface area (Å²) in [5, 5.41) is 10.8. The summed E-state index contributed by atoms with van der Waals surface area (Å²) in [4.78, 5) is 23.8. The molecule has 1 aromatic carbocycles. The van der Waals surface area contributed by atoms with Crippen LogP contribution < -0.4 is 9.47 Å². The molecule has 0 heterocycles. The molecule has 0 N–H and O–H groups in total. The topological polar surface area (TPSA) is 91.0 Å². The van der Waals surface area contributed by atoms with Crippen LogP contribution in [0.2, 0.25) is 0 Å². The van der Waals surface area contributed by atoms with Gasteiger partial charge in [0.1, 0.15) is 5.69 Å². The van der Waals surface area contributed by atoms with Gasteiger partial charge in [-0.1, -0.05) is 0 Å². The fourth-order valence-electron chi connectivity index (χ4n) is 1.53. The number of carbonyl (C=O) groups excluding carboxylic acids is 1. The molecule has 7 nitrogen and oxygen atoms in total. The minimum absolute atomic E-state index is 0.0486. The van der Waals surface area contributed by atoms with Crippen molar-refractivity contribution in [3.63, 3.8) is 0 Å². The number of nitro benzene ring substituents is 1. The zero-order valence-corrected chi connectivity index (χ0v) is 9.51. The third kappa shape index (κ3) is 2.24. The lowest BCUT2D eigenvalue weighted by Gasteiger charge is -2.11. The Bertz CT molecular complexity index is 478. The van der Waals surface area contributed by atoms with Crippen LogP contribution >= 0.6 is 0 Å². The van der Waals surface area contributed by atoms with Crippen LogP contribution in [0.5, 0.6) is 11.5 Å². The van der Waals surface area contributed by atoms with Gasteiger partial charge in [-0.2, -0.15) is 4.99 Å². The number of methoxy groups -OCH3 is 2. The monoisotopic (exact) mass is 238 g/mol. The first kappa shape index (κ1) is 12.7. The molecule has 1 aromatic rings. The van der Waals surface area contributed by atoms with Crippen molar-refractivity contribution >= 4 is 17.5 Å². The van der Waals surface area contributed by atoms with Gasteiger partial charge in [0, 0.05) is 5.56 Å². The Morgan fingerprint density at radius 3 is 2.35 bits per heavy atom. The van der Waals surface area contributed by atoms with Crippen LogP contribution in [0.3, 0.4) is 0 Å². The molecule has 0 aliphatic rings. The molecule has 17 heavy (non-hydrogen) atoms. The van der Waals surface area contributed by atoms with Gasteiger partial charge in [-0.05, 0) is 6.92 Å². The molecule has 0 aliphatic carbocycles. The van der Waals surface area contributed by atoms with Gasteiger partial charge in [0.25, 0.3) is 0 Å². The zero-order chi connectivity index (χ0) is 13.0. The van der Waals surface area contributed by atoms with Crippen molar-refractivity contribution in [2.45, 2.75) is 6.92 Å². The fraction of sp³-hybridized carbons (Fsp3) is 0.300. The van der Waals surface area contributed by atoms with Crippen LogP contribution in [0, 0.1) is 17.0 Å². The van der Waals surface area contributed by atoms with Gasteiger partial charge in [-0.3, -0.25) is 10.1 Å². The lowest BCUT2D eigenvalue weighted by atomic mass is 10.1.